The number of benzene rings is 1. The maximum absolute atomic E-state index is 9.38. The third kappa shape index (κ3) is 2.48. The highest BCUT2D eigenvalue weighted by atomic mass is 79.9. The van der Waals surface area contributed by atoms with E-state index in [1.54, 1.807) is 7.05 Å². The molecule has 0 amide bonds. The van der Waals surface area contributed by atoms with Gasteiger partial charge in [0.1, 0.15) is 0 Å². The molecular formula is C11H15BrN2O2. The second kappa shape index (κ2) is 5.03. The summed E-state index contributed by atoms with van der Waals surface area (Å²) in [5, 5.41) is 10.5. The Kier molecular flexibility index (Phi) is 3.68. The first-order valence-corrected chi connectivity index (χ1v) is 6.02. The number of hydroxylamine groups is 1. The highest BCUT2D eigenvalue weighted by molar-refractivity contribution is 9.10. The van der Waals surface area contributed by atoms with Gasteiger partial charge in [0.05, 0.1) is 18.9 Å². The van der Waals surface area contributed by atoms with E-state index in [1.165, 1.54) is 0 Å². The molecule has 0 saturated carbocycles. The molecular weight excluding hydrogens is 272 g/mol. The molecule has 1 fully saturated rings. The highest BCUT2D eigenvalue weighted by Gasteiger charge is 2.13. The van der Waals surface area contributed by atoms with Gasteiger partial charge in [-0.05, 0) is 34.1 Å². The number of rotatable bonds is 2. The molecule has 1 saturated heterocycles. The Bertz CT molecular complexity index is 365. The molecule has 0 atom stereocenters. The Balaban J connectivity index is 2.19. The van der Waals surface area contributed by atoms with Crippen molar-refractivity contribution in [2.24, 2.45) is 0 Å². The molecule has 16 heavy (non-hydrogen) atoms. The van der Waals surface area contributed by atoms with E-state index in [2.05, 4.69) is 20.8 Å². The predicted molar refractivity (Wildman–Crippen MR) is 67.4 cm³/mol. The SMILES string of the molecule is CN(O)c1ccc(N2CCOCC2)cc1Br. The van der Waals surface area contributed by atoms with E-state index in [-0.39, 0.29) is 0 Å². The zero-order chi connectivity index (χ0) is 11.5. The number of ether oxygens (including phenoxy) is 1. The normalized spacial score (nSPS) is 16.3. The fraction of sp³-hybridized carbons (Fsp3) is 0.455. The summed E-state index contributed by atoms with van der Waals surface area (Å²) in [4.78, 5) is 2.27. The first-order chi connectivity index (χ1) is 7.68. The summed E-state index contributed by atoms with van der Waals surface area (Å²) in [5.41, 5.74) is 1.91. The number of halogens is 1. The van der Waals surface area contributed by atoms with Crippen molar-refractivity contribution >= 4 is 27.3 Å². The van der Waals surface area contributed by atoms with Crippen molar-refractivity contribution in [3.63, 3.8) is 0 Å². The van der Waals surface area contributed by atoms with Crippen molar-refractivity contribution in [1.82, 2.24) is 0 Å². The summed E-state index contributed by atoms with van der Waals surface area (Å²) >= 11 is 3.45. The first-order valence-electron chi connectivity index (χ1n) is 5.23. The van der Waals surface area contributed by atoms with E-state index in [0.29, 0.717) is 0 Å². The molecule has 88 valence electrons. The summed E-state index contributed by atoms with van der Waals surface area (Å²) in [6, 6.07) is 5.93. The quantitative estimate of drug-likeness (QED) is 0.845. The second-order valence-corrected chi connectivity index (χ2v) is 4.61. The second-order valence-electron chi connectivity index (χ2n) is 3.76. The van der Waals surface area contributed by atoms with Crippen LogP contribution in [0, 0.1) is 0 Å². The Labute approximate surface area is 103 Å². The molecule has 0 unspecified atom stereocenters. The first kappa shape index (κ1) is 11.7. The van der Waals surface area contributed by atoms with Gasteiger partial charge in [0.2, 0.25) is 0 Å². The third-order valence-electron chi connectivity index (χ3n) is 2.66. The lowest BCUT2D eigenvalue weighted by molar-refractivity contribution is 0.122. The monoisotopic (exact) mass is 286 g/mol. The van der Waals surface area contributed by atoms with E-state index in [9.17, 15) is 5.21 Å². The van der Waals surface area contributed by atoms with Crippen LogP contribution in [0.5, 0.6) is 0 Å². The average Bonchev–Trinajstić information content (AvgIpc) is 2.29. The lowest BCUT2D eigenvalue weighted by atomic mass is 10.2. The van der Waals surface area contributed by atoms with Crippen LogP contribution in [0.25, 0.3) is 0 Å². The fourth-order valence-electron chi connectivity index (χ4n) is 1.78. The lowest BCUT2D eigenvalue weighted by Crippen LogP contribution is -2.36. The Morgan fingerprint density at radius 1 is 1.38 bits per heavy atom. The minimum Gasteiger partial charge on any atom is -0.378 e. The fourth-order valence-corrected chi connectivity index (χ4v) is 2.40. The van der Waals surface area contributed by atoms with Crippen molar-refractivity contribution in [1.29, 1.82) is 0 Å². The van der Waals surface area contributed by atoms with E-state index >= 15 is 0 Å². The summed E-state index contributed by atoms with van der Waals surface area (Å²) < 4.78 is 6.20. The lowest BCUT2D eigenvalue weighted by Gasteiger charge is -2.29. The van der Waals surface area contributed by atoms with Gasteiger partial charge in [-0.15, -0.1) is 0 Å². The molecule has 5 heteroatoms. The molecule has 1 aromatic carbocycles. The van der Waals surface area contributed by atoms with Gasteiger partial charge in [0.15, 0.2) is 0 Å². The predicted octanol–water partition coefficient (Wildman–Crippen LogP) is 2.11. The van der Waals surface area contributed by atoms with E-state index < -0.39 is 0 Å². The average molecular weight is 287 g/mol. The molecule has 1 aromatic rings. The molecule has 2 rings (SSSR count). The zero-order valence-electron chi connectivity index (χ0n) is 9.19. The van der Waals surface area contributed by atoms with Crippen molar-refractivity contribution in [2.75, 3.05) is 43.3 Å². The van der Waals surface area contributed by atoms with Crippen LogP contribution in [0.3, 0.4) is 0 Å². The molecule has 0 aliphatic carbocycles. The number of anilines is 2. The molecule has 0 spiro atoms. The van der Waals surface area contributed by atoms with Gasteiger partial charge in [0.25, 0.3) is 0 Å². The largest absolute Gasteiger partial charge is 0.378 e. The van der Waals surface area contributed by atoms with Crippen LogP contribution in [0.15, 0.2) is 22.7 Å². The van der Waals surface area contributed by atoms with Crippen LogP contribution in [0.4, 0.5) is 11.4 Å². The van der Waals surface area contributed by atoms with Crippen LogP contribution >= 0.6 is 15.9 Å². The van der Waals surface area contributed by atoms with Crippen LogP contribution < -0.4 is 9.96 Å². The number of nitrogens with zero attached hydrogens (tertiary/aromatic N) is 2. The third-order valence-corrected chi connectivity index (χ3v) is 3.29. The molecule has 1 heterocycles. The van der Waals surface area contributed by atoms with Gasteiger partial charge in [-0.1, -0.05) is 0 Å². The van der Waals surface area contributed by atoms with Gasteiger partial charge < -0.3 is 9.64 Å². The topological polar surface area (TPSA) is 35.9 Å². The number of hydrogen-bond acceptors (Lipinski definition) is 4. The van der Waals surface area contributed by atoms with Crippen molar-refractivity contribution in [3.8, 4) is 0 Å². The van der Waals surface area contributed by atoms with Crippen molar-refractivity contribution < 1.29 is 9.94 Å². The molecule has 0 aromatic heterocycles. The highest BCUT2D eigenvalue weighted by Crippen LogP contribution is 2.29. The smallest absolute Gasteiger partial charge is 0.0774 e. The molecule has 1 aliphatic heterocycles. The molecule has 4 nitrogen and oxygen atoms in total. The summed E-state index contributed by atoms with van der Waals surface area (Å²) in [5.74, 6) is 0. The van der Waals surface area contributed by atoms with Crippen molar-refractivity contribution in [2.45, 2.75) is 0 Å². The number of morpholine rings is 1. The maximum atomic E-state index is 9.38. The summed E-state index contributed by atoms with van der Waals surface area (Å²) in [6.45, 7) is 3.39. The van der Waals surface area contributed by atoms with Gasteiger partial charge >= 0.3 is 0 Å². The minimum absolute atomic E-state index is 0.761. The molecule has 1 aliphatic rings. The maximum Gasteiger partial charge on any atom is 0.0774 e. The van der Waals surface area contributed by atoms with Gasteiger partial charge in [0, 0.05) is 30.3 Å². The van der Waals surface area contributed by atoms with Gasteiger partial charge in [-0.2, -0.15) is 0 Å². The van der Waals surface area contributed by atoms with Gasteiger partial charge in [-0.25, -0.2) is 0 Å². The Morgan fingerprint density at radius 3 is 2.62 bits per heavy atom. The number of hydrogen-bond donors (Lipinski definition) is 1. The van der Waals surface area contributed by atoms with E-state index in [1.807, 2.05) is 18.2 Å². The standard InChI is InChI=1S/C11H15BrN2O2/c1-13(15)11-3-2-9(8-10(11)12)14-4-6-16-7-5-14/h2-3,8,15H,4-7H2,1H3. The van der Waals surface area contributed by atoms with Gasteiger partial charge in [-0.3, -0.25) is 10.3 Å². The molecule has 0 bridgehead atoms. The molecule has 0 radical (unpaired) electrons. The van der Waals surface area contributed by atoms with E-state index in [4.69, 9.17) is 4.74 Å². The van der Waals surface area contributed by atoms with Crippen LogP contribution in [0.1, 0.15) is 0 Å². The van der Waals surface area contributed by atoms with Crippen LogP contribution in [-0.4, -0.2) is 38.6 Å². The molecule has 1 N–H and O–H groups in total. The minimum atomic E-state index is 0.761. The Hall–Kier alpha value is -0.780. The van der Waals surface area contributed by atoms with Crippen molar-refractivity contribution in [3.05, 3.63) is 22.7 Å². The Morgan fingerprint density at radius 2 is 2.06 bits per heavy atom. The van der Waals surface area contributed by atoms with Crippen LogP contribution in [0.2, 0.25) is 0 Å². The summed E-state index contributed by atoms with van der Waals surface area (Å²) in [6.07, 6.45) is 0. The van der Waals surface area contributed by atoms with Crippen LogP contribution in [-0.2, 0) is 4.74 Å². The van der Waals surface area contributed by atoms with E-state index in [0.717, 1.165) is 47.2 Å². The summed E-state index contributed by atoms with van der Waals surface area (Å²) in [7, 11) is 1.61. The zero-order valence-corrected chi connectivity index (χ0v) is 10.8.